The fourth-order valence-electron chi connectivity index (χ4n) is 1.41. The SMILES string of the molecule is Cc1nc(CS(=O)(=O)NCc2ccccc2)no1. The maximum Gasteiger partial charge on any atom is 0.223 e. The van der Waals surface area contributed by atoms with Crippen LogP contribution in [0.15, 0.2) is 34.9 Å². The zero-order chi connectivity index (χ0) is 13.0. The van der Waals surface area contributed by atoms with Gasteiger partial charge in [0.25, 0.3) is 0 Å². The van der Waals surface area contributed by atoms with Crippen molar-refractivity contribution < 1.29 is 12.9 Å². The Morgan fingerprint density at radius 3 is 2.61 bits per heavy atom. The number of hydrogen-bond donors (Lipinski definition) is 1. The predicted octanol–water partition coefficient (Wildman–Crippen LogP) is 0.998. The third-order valence-corrected chi connectivity index (χ3v) is 3.45. The molecule has 0 radical (unpaired) electrons. The smallest absolute Gasteiger partial charge is 0.223 e. The van der Waals surface area contributed by atoms with Crippen LogP contribution in [-0.2, 0) is 22.3 Å². The molecule has 7 heteroatoms. The van der Waals surface area contributed by atoms with Crippen LogP contribution in [0.4, 0.5) is 0 Å². The van der Waals surface area contributed by atoms with Gasteiger partial charge in [0.2, 0.25) is 15.9 Å². The summed E-state index contributed by atoms with van der Waals surface area (Å²) in [5.74, 6) is 0.230. The molecular weight excluding hydrogens is 254 g/mol. The van der Waals surface area contributed by atoms with Gasteiger partial charge in [0, 0.05) is 13.5 Å². The van der Waals surface area contributed by atoms with E-state index in [1.54, 1.807) is 6.92 Å². The number of aryl methyl sites for hydroxylation is 1. The van der Waals surface area contributed by atoms with E-state index in [4.69, 9.17) is 4.52 Å². The Morgan fingerprint density at radius 1 is 1.28 bits per heavy atom. The number of rotatable bonds is 5. The first-order valence-corrected chi connectivity index (χ1v) is 7.01. The van der Waals surface area contributed by atoms with E-state index in [2.05, 4.69) is 14.9 Å². The summed E-state index contributed by atoms with van der Waals surface area (Å²) in [5, 5.41) is 3.55. The maximum atomic E-state index is 11.7. The molecule has 18 heavy (non-hydrogen) atoms. The van der Waals surface area contributed by atoms with Crippen LogP contribution in [0.25, 0.3) is 0 Å². The van der Waals surface area contributed by atoms with Gasteiger partial charge < -0.3 is 4.52 Å². The Bertz CT molecular complexity index is 607. The monoisotopic (exact) mass is 267 g/mol. The first-order chi connectivity index (χ1) is 8.55. The van der Waals surface area contributed by atoms with Gasteiger partial charge in [-0.2, -0.15) is 4.98 Å². The molecule has 0 aliphatic carbocycles. The summed E-state index contributed by atoms with van der Waals surface area (Å²) in [7, 11) is -3.45. The Morgan fingerprint density at radius 2 is 2.00 bits per heavy atom. The normalized spacial score (nSPS) is 11.6. The van der Waals surface area contributed by atoms with Gasteiger partial charge in [-0.25, -0.2) is 13.1 Å². The van der Waals surface area contributed by atoms with E-state index in [-0.39, 0.29) is 18.1 Å². The van der Waals surface area contributed by atoms with Crippen molar-refractivity contribution in [2.45, 2.75) is 19.2 Å². The van der Waals surface area contributed by atoms with E-state index in [1.807, 2.05) is 30.3 Å². The van der Waals surface area contributed by atoms with Crippen molar-refractivity contribution in [2.75, 3.05) is 0 Å². The molecule has 2 rings (SSSR count). The molecule has 0 fully saturated rings. The minimum absolute atomic E-state index is 0.160. The molecular formula is C11H13N3O3S. The minimum Gasteiger partial charge on any atom is -0.340 e. The van der Waals surface area contributed by atoms with Gasteiger partial charge in [0.1, 0.15) is 5.75 Å². The highest BCUT2D eigenvalue weighted by Gasteiger charge is 2.15. The second-order valence-corrected chi connectivity index (χ2v) is 5.60. The first-order valence-electron chi connectivity index (χ1n) is 5.35. The van der Waals surface area contributed by atoms with Crippen molar-refractivity contribution >= 4 is 10.0 Å². The van der Waals surface area contributed by atoms with Gasteiger partial charge >= 0.3 is 0 Å². The third-order valence-electron chi connectivity index (χ3n) is 2.23. The molecule has 1 aromatic carbocycles. The maximum absolute atomic E-state index is 11.7. The lowest BCUT2D eigenvalue weighted by atomic mass is 10.2. The molecule has 96 valence electrons. The Hall–Kier alpha value is -1.73. The largest absolute Gasteiger partial charge is 0.340 e. The zero-order valence-corrected chi connectivity index (χ0v) is 10.6. The van der Waals surface area contributed by atoms with Crippen LogP contribution in [0, 0.1) is 6.92 Å². The van der Waals surface area contributed by atoms with E-state index in [0.29, 0.717) is 5.89 Å². The Balaban J connectivity index is 1.96. The minimum atomic E-state index is -3.45. The molecule has 2 aromatic rings. The van der Waals surface area contributed by atoms with Gasteiger partial charge in [0.15, 0.2) is 5.82 Å². The Kier molecular flexibility index (Phi) is 3.73. The van der Waals surface area contributed by atoms with Crippen molar-refractivity contribution in [1.82, 2.24) is 14.9 Å². The van der Waals surface area contributed by atoms with Gasteiger partial charge in [0.05, 0.1) is 0 Å². The summed E-state index contributed by atoms with van der Waals surface area (Å²) in [5.41, 5.74) is 0.894. The molecule has 1 aromatic heterocycles. The molecule has 0 amide bonds. The lowest BCUT2D eigenvalue weighted by Crippen LogP contribution is -2.25. The van der Waals surface area contributed by atoms with Crippen LogP contribution >= 0.6 is 0 Å². The van der Waals surface area contributed by atoms with Gasteiger partial charge in [-0.15, -0.1) is 0 Å². The molecule has 0 atom stereocenters. The van der Waals surface area contributed by atoms with Crippen LogP contribution in [0.5, 0.6) is 0 Å². The van der Waals surface area contributed by atoms with Gasteiger partial charge in [-0.1, -0.05) is 35.5 Å². The van der Waals surface area contributed by atoms with Crippen LogP contribution in [0.1, 0.15) is 17.3 Å². The van der Waals surface area contributed by atoms with Crippen molar-refractivity contribution in [3.8, 4) is 0 Å². The van der Waals surface area contributed by atoms with Crippen LogP contribution in [0.3, 0.4) is 0 Å². The van der Waals surface area contributed by atoms with Crippen molar-refractivity contribution in [3.05, 3.63) is 47.6 Å². The second-order valence-electron chi connectivity index (χ2n) is 3.80. The third kappa shape index (κ3) is 3.64. The molecule has 0 aliphatic heterocycles. The number of hydrogen-bond acceptors (Lipinski definition) is 5. The summed E-state index contributed by atoms with van der Waals surface area (Å²) >= 11 is 0. The van der Waals surface area contributed by atoms with E-state index in [0.717, 1.165) is 5.56 Å². The number of benzene rings is 1. The summed E-state index contributed by atoms with van der Waals surface area (Å²) in [6.07, 6.45) is 0. The quantitative estimate of drug-likeness (QED) is 0.873. The van der Waals surface area contributed by atoms with E-state index >= 15 is 0 Å². The first kappa shape index (κ1) is 12.7. The van der Waals surface area contributed by atoms with Crippen LogP contribution < -0.4 is 4.72 Å². The van der Waals surface area contributed by atoms with Gasteiger partial charge in [-0.05, 0) is 5.56 Å². The highest BCUT2D eigenvalue weighted by Crippen LogP contribution is 2.03. The average molecular weight is 267 g/mol. The molecule has 6 nitrogen and oxygen atoms in total. The summed E-state index contributed by atoms with van der Waals surface area (Å²) in [6, 6.07) is 9.28. The summed E-state index contributed by atoms with van der Waals surface area (Å²) < 4.78 is 30.7. The lowest BCUT2D eigenvalue weighted by molar-refractivity contribution is 0.388. The van der Waals surface area contributed by atoms with Crippen LogP contribution in [0.2, 0.25) is 0 Å². The van der Waals surface area contributed by atoms with E-state index in [1.165, 1.54) is 0 Å². The summed E-state index contributed by atoms with van der Waals surface area (Å²) in [6.45, 7) is 1.86. The molecule has 1 N–H and O–H groups in total. The molecule has 0 spiro atoms. The van der Waals surface area contributed by atoms with Crippen molar-refractivity contribution in [3.63, 3.8) is 0 Å². The Labute approximate surface area is 105 Å². The number of nitrogens with one attached hydrogen (secondary N) is 1. The summed E-state index contributed by atoms with van der Waals surface area (Å²) in [4.78, 5) is 3.85. The number of sulfonamides is 1. The fourth-order valence-corrected chi connectivity index (χ4v) is 2.36. The standard InChI is InChI=1S/C11H13N3O3S/c1-9-13-11(14-17-9)8-18(15,16)12-7-10-5-3-2-4-6-10/h2-6,12H,7-8H2,1H3. The molecule has 0 saturated heterocycles. The van der Waals surface area contributed by atoms with Crippen LogP contribution in [-0.4, -0.2) is 18.6 Å². The highest BCUT2D eigenvalue weighted by molar-refractivity contribution is 7.88. The zero-order valence-electron chi connectivity index (χ0n) is 9.83. The lowest BCUT2D eigenvalue weighted by Gasteiger charge is -2.04. The molecule has 0 aliphatic rings. The van der Waals surface area contributed by atoms with Gasteiger partial charge in [-0.3, -0.25) is 0 Å². The average Bonchev–Trinajstić information content (AvgIpc) is 2.73. The number of nitrogens with zero attached hydrogens (tertiary/aromatic N) is 2. The van der Waals surface area contributed by atoms with Crippen molar-refractivity contribution in [2.24, 2.45) is 0 Å². The number of aromatic nitrogens is 2. The topological polar surface area (TPSA) is 85.1 Å². The molecule has 0 bridgehead atoms. The molecule has 1 heterocycles. The highest BCUT2D eigenvalue weighted by atomic mass is 32.2. The van der Waals surface area contributed by atoms with E-state index < -0.39 is 10.0 Å². The molecule has 0 saturated carbocycles. The second kappa shape index (κ2) is 5.28. The van der Waals surface area contributed by atoms with E-state index in [9.17, 15) is 8.42 Å². The predicted molar refractivity (Wildman–Crippen MR) is 64.9 cm³/mol. The molecule has 0 unspecified atom stereocenters. The van der Waals surface area contributed by atoms with Crippen molar-refractivity contribution in [1.29, 1.82) is 0 Å². The fraction of sp³-hybridized carbons (Fsp3) is 0.273.